The van der Waals surface area contributed by atoms with Gasteiger partial charge in [0.05, 0.1) is 0 Å². The minimum Gasteiger partial charge on any atom is -0.469 e. The van der Waals surface area contributed by atoms with Gasteiger partial charge in [-0.15, -0.1) is 0 Å². The van der Waals surface area contributed by atoms with Gasteiger partial charge >= 0.3 is 0 Å². The van der Waals surface area contributed by atoms with E-state index in [9.17, 15) is 0 Å². The molecule has 2 heteroatoms. The summed E-state index contributed by atoms with van der Waals surface area (Å²) in [5.41, 5.74) is 5.12. The Balaban J connectivity index is 2.26. The van der Waals surface area contributed by atoms with E-state index in [1.54, 1.807) is 0 Å². The quantitative estimate of drug-likeness (QED) is 0.634. The highest BCUT2D eigenvalue weighted by atomic mass is 31.1. The third-order valence-corrected chi connectivity index (χ3v) is 4.67. The molecule has 1 aliphatic heterocycles. The van der Waals surface area contributed by atoms with Crippen LogP contribution < -0.4 is 9.83 Å². The monoisotopic (exact) mass is 242 g/mol. The van der Waals surface area contributed by atoms with Crippen LogP contribution >= 0.6 is 8.15 Å². The van der Waals surface area contributed by atoms with Gasteiger partial charge in [-0.25, -0.2) is 0 Å². The molecule has 0 N–H and O–H groups in total. The van der Waals surface area contributed by atoms with Gasteiger partial charge < -0.3 is 4.52 Å². The van der Waals surface area contributed by atoms with Crippen molar-refractivity contribution >= 4 is 13.5 Å². The van der Waals surface area contributed by atoms with Gasteiger partial charge in [-0.1, -0.05) is 29.8 Å². The third kappa shape index (κ3) is 1.75. The van der Waals surface area contributed by atoms with Crippen molar-refractivity contribution in [2.75, 3.05) is 6.66 Å². The standard InChI is InChI=1S/C15H15OP/c1-10-4-6-12-13-7-5-11(2)9-15(13)17(3)16-14(12)8-10/h4-9H,1-3H3. The highest BCUT2D eigenvalue weighted by Crippen LogP contribution is 2.46. The van der Waals surface area contributed by atoms with E-state index in [2.05, 4.69) is 56.9 Å². The molecule has 0 saturated carbocycles. The molecule has 0 fully saturated rings. The molecule has 0 amide bonds. The first-order valence-electron chi connectivity index (χ1n) is 5.78. The highest BCUT2D eigenvalue weighted by molar-refractivity contribution is 7.61. The summed E-state index contributed by atoms with van der Waals surface area (Å²) in [7, 11) is -0.523. The first-order chi connectivity index (χ1) is 8.15. The molecule has 1 heterocycles. The van der Waals surface area contributed by atoms with Crippen LogP contribution in [0.4, 0.5) is 0 Å². The van der Waals surface area contributed by atoms with Crippen molar-refractivity contribution in [1.82, 2.24) is 0 Å². The van der Waals surface area contributed by atoms with Crippen molar-refractivity contribution in [1.29, 1.82) is 0 Å². The summed E-state index contributed by atoms with van der Waals surface area (Å²) < 4.78 is 6.06. The molecule has 17 heavy (non-hydrogen) atoms. The largest absolute Gasteiger partial charge is 0.469 e. The lowest BCUT2D eigenvalue weighted by Gasteiger charge is -2.26. The number of benzene rings is 2. The fourth-order valence-corrected chi connectivity index (χ4v) is 3.72. The Hall–Kier alpha value is -1.33. The molecule has 2 aromatic carbocycles. The van der Waals surface area contributed by atoms with Crippen LogP contribution in [0.25, 0.3) is 11.1 Å². The van der Waals surface area contributed by atoms with Crippen LogP contribution in [0.15, 0.2) is 36.4 Å². The molecular formula is C15H15OP. The van der Waals surface area contributed by atoms with E-state index in [0.717, 1.165) is 5.75 Å². The van der Waals surface area contributed by atoms with E-state index >= 15 is 0 Å². The zero-order valence-electron chi connectivity index (χ0n) is 10.3. The third-order valence-electron chi connectivity index (χ3n) is 3.16. The molecular weight excluding hydrogens is 227 g/mol. The van der Waals surface area contributed by atoms with Crippen LogP contribution in [0.5, 0.6) is 5.75 Å². The first-order valence-corrected chi connectivity index (χ1v) is 7.49. The highest BCUT2D eigenvalue weighted by Gasteiger charge is 2.23. The second-order valence-corrected chi connectivity index (χ2v) is 6.27. The summed E-state index contributed by atoms with van der Waals surface area (Å²) in [6.07, 6.45) is 0. The van der Waals surface area contributed by atoms with Crippen molar-refractivity contribution in [3.8, 4) is 16.9 Å². The molecule has 1 atom stereocenters. The van der Waals surface area contributed by atoms with Crippen molar-refractivity contribution in [2.45, 2.75) is 13.8 Å². The fraction of sp³-hybridized carbons (Fsp3) is 0.200. The van der Waals surface area contributed by atoms with Crippen LogP contribution in [0.1, 0.15) is 11.1 Å². The Kier molecular flexibility index (Phi) is 2.45. The second kappa shape index (κ2) is 3.85. The van der Waals surface area contributed by atoms with Gasteiger partial charge in [0.1, 0.15) is 13.9 Å². The topological polar surface area (TPSA) is 9.23 Å². The Labute approximate surface area is 103 Å². The number of fused-ring (bicyclic) bond motifs is 3. The van der Waals surface area contributed by atoms with Gasteiger partial charge in [0, 0.05) is 10.9 Å². The van der Waals surface area contributed by atoms with E-state index in [1.165, 1.54) is 27.6 Å². The number of hydrogen-bond donors (Lipinski definition) is 0. The molecule has 3 rings (SSSR count). The summed E-state index contributed by atoms with van der Waals surface area (Å²) in [6.45, 7) is 6.42. The maximum atomic E-state index is 6.06. The normalized spacial score (nSPS) is 17.0. The molecule has 0 saturated heterocycles. The van der Waals surface area contributed by atoms with Gasteiger partial charge in [-0.05, 0) is 43.8 Å². The lowest BCUT2D eigenvalue weighted by molar-refractivity contribution is 0.625. The van der Waals surface area contributed by atoms with Crippen molar-refractivity contribution in [2.24, 2.45) is 0 Å². The predicted molar refractivity (Wildman–Crippen MR) is 74.5 cm³/mol. The smallest absolute Gasteiger partial charge is 0.131 e. The van der Waals surface area contributed by atoms with Gasteiger partial charge in [-0.3, -0.25) is 0 Å². The van der Waals surface area contributed by atoms with Crippen molar-refractivity contribution in [3.05, 3.63) is 47.5 Å². The number of rotatable bonds is 0. The van der Waals surface area contributed by atoms with Gasteiger partial charge in [-0.2, -0.15) is 0 Å². The van der Waals surface area contributed by atoms with E-state index < -0.39 is 8.15 Å². The molecule has 0 aliphatic carbocycles. The molecule has 0 aromatic heterocycles. The Morgan fingerprint density at radius 3 is 2.29 bits per heavy atom. The van der Waals surface area contributed by atoms with Crippen LogP contribution in [0, 0.1) is 13.8 Å². The van der Waals surface area contributed by atoms with Crippen LogP contribution in [0.3, 0.4) is 0 Å². The minimum absolute atomic E-state index is 0.523. The van der Waals surface area contributed by atoms with Gasteiger partial charge in [0.15, 0.2) is 0 Å². The zero-order valence-corrected chi connectivity index (χ0v) is 11.2. The van der Waals surface area contributed by atoms with E-state index in [0.29, 0.717) is 0 Å². The predicted octanol–water partition coefficient (Wildman–Crippen LogP) is 4.01. The lowest BCUT2D eigenvalue weighted by Crippen LogP contribution is -2.13. The summed E-state index contributed by atoms with van der Waals surface area (Å²) in [6, 6.07) is 13.1. The van der Waals surface area contributed by atoms with Crippen molar-refractivity contribution < 1.29 is 4.52 Å². The van der Waals surface area contributed by atoms with Crippen LogP contribution in [-0.2, 0) is 0 Å². The summed E-state index contributed by atoms with van der Waals surface area (Å²) in [5, 5.41) is 1.36. The van der Waals surface area contributed by atoms with Crippen LogP contribution in [-0.4, -0.2) is 6.66 Å². The minimum atomic E-state index is -0.523. The van der Waals surface area contributed by atoms with E-state index in [1.807, 2.05) is 0 Å². The molecule has 1 aliphatic rings. The Bertz CT molecular complexity index is 589. The maximum Gasteiger partial charge on any atom is 0.131 e. The zero-order chi connectivity index (χ0) is 12.0. The van der Waals surface area contributed by atoms with Gasteiger partial charge in [0.2, 0.25) is 0 Å². The summed E-state index contributed by atoms with van der Waals surface area (Å²) in [4.78, 5) is 0. The second-order valence-electron chi connectivity index (χ2n) is 4.61. The molecule has 1 nitrogen and oxygen atoms in total. The summed E-state index contributed by atoms with van der Waals surface area (Å²) >= 11 is 0. The first kappa shape index (κ1) is 10.8. The number of hydrogen-bond acceptors (Lipinski definition) is 1. The molecule has 2 aromatic rings. The average Bonchev–Trinajstić information content (AvgIpc) is 2.29. The molecule has 0 bridgehead atoms. The Morgan fingerprint density at radius 2 is 1.53 bits per heavy atom. The van der Waals surface area contributed by atoms with Crippen LogP contribution in [0.2, 0.25) is 0 Å². The number of aryl methyl sites for hydroxylation is 2. The molecule has 0 radical (unpaired) electrons. The Morgan fingerprint density at radius 1 is 0.882 bits per heavy atom. The lowest BCUT2D eigenvalue weighted by atomic mass is 10.0. The van der Waals surface area contributed by atoms with E-state index in [-0.39, 0.29) is 0 Å². The molecule has 86 valence electrons. The average molecular weight is 242 g/mol. The summed E-state index contributed by atoms with van der Waals surface area (Å²) in [5.74, 6) is 1.04. The maximum absolute atomic E-state index is 6.06. The molecule has 0 spiro atoms. The van der Waals surface area contributed by atoms with Crippen molar-refractivity contribution in [3.63, 3.8) is 0 Å². The molecule has 1 unspecified atom stereocenters. The van der Waals surface area contributed by atoms with Gasteiger partial charge in [0.25, 0.3) is 0 Å². The fourth-order valence-electron chi connectivity index (χ4n) is 2.25. The SMILES string of the molecule is Cc1ccc2c(c1)OP(C)c1cc(C)ccc1-2. The van der Waals surface area contributed by atoms with E-state index in [4.69, 9.17) is 4.52 Å².